The number of hydrogen-bond acceptors (Lipinski definition) is 3. The van der Waals surface area contributed by atoms with Gasteiger partial charge in [-0.05, 0) is 42.3 Å². The molecule has 2 aromatic rings. The van der Waals surface area contributed by atoms with E-state index in [9.17, 15) is 4.39 Å². The Morgan fingerprint density at radius 3 is 2.52 bits per heavy atom. The summed E-state index contributed by atoms with van der Waals surface area (Å²) in [6, 6.07) is 8.44. The van der Waals surface area contributed by atoms with Crippen molar-refractivity contribution in [2.75, 3.05) is 19.5 Å². The monoisotopic (exact) mass is 309 g/mol. The Balaban J connectivity index is 2.20. The van der Waals surface area contributed by atoms with Gasteiger partial charge < -0.3 is 14.8 Å². The van der Waals surface area contributed by atoms with Crippen molar-refractivity contribution in [2.24, 2.45) is 0 Å². The van der Waals surface area contributed by atoms with Gasteiger partial charge in [-0.3, -0.25) is 0 Å². The summed E-state index contributed by atoms with van der Waals surface area (Å²) in [5.41, 5.74) is 2.41. The van der Waals surface area contributed by atoms with Gasteiger partial charge in [-0.2, -0.15) is 0 Å². The normalized spacial score (nSPS) is 10.3. The summed E-state index contributed by atoms with van der Waals surface area (Å²) in [7, 11) is 3.10. The summed E-state index contributed by atoms with van der Waals surface area (Å²) in [6.07, 6.45) is 0. The molecule has 0 aliphatic carbocycles. The first-order chi connectivity index (χ1) is 10.0. The predicted molar refractivity (Wildman–Crippen MR) is 83.0 cm³/mol. The molecule has 0 aromatic heterocycles. The molecule has 5 heteroatoms. The van der Waals surface area contributed by atoms with Crippen LogP contribution in [-0.2, 0) is 6.54 Å². The quantitative estimate of drug-likeness (QED) is 0.887. The Hall–Kier alpha value is -1.94. The molecule has 21 heavy (non-hydrogen) atoms. The maximum Gasteiger partial charge on any atom is 0.179 e. The van der Waals surface area contributed by atoms with E-state index in [2.05, 4.69) is 5.32 Å². The lowest BCUT2D eigenvalue weighted by Crippen LogP contribution is -2.02. The summed E-state index contributed by atoms with van der Waals surface area (Å²) in [4.78, 5) is 0. The van der Waals surface area contributed by atoms with Gasteiger partial charge in [0.1, 0.15) is 5.82 Å². The fourth-order valence-electron chi connectivity index (χ4n) is 2.10. The fourth-order valence-corrected chi connectivity index (χ4v) is 2.40. The molecule has 0 aliphatic heterocycles. The third-order valence-electron chi connectivity index (χ3n) is 3.09. The Kier molecular flexibility index (Phi) is 4.91. The van der Waals surface area contributed by atoms with Crippen LogP contribution in [0.15, 0.2) is 30.3 Å². The van der Waals surface area contributed by atoms with E-state index in [1.54, 1.807) is 13.2 Å². The minimum atomic E-state index is -0.268. The highest BCUT2D eigenvalue weighted by molar-refractivity contribution is 6.33. The van der Waals surface area contributed by atoms with Crippen LogP contribution in [0.4, 0.5) is 10.1 Å². The summed E-state index contributed by atoms with van der Waals surface area (Å²) >= 11 is 6.30. The van der Waals surface area contributed by atoms with Crippen LogP contribution < -0.4 is 14.8 Å². The fraction of sp³-hybridized carbons (Fsp3) is 0.250. The van der Waals surface area contributed by atoms with E-state index >= 15 is 0 Å². The van der Waals surface area contributed by atoms with Gasteiger partial charge in [0, 0.05) is 12.2 Å². The molecule has 112 valence electrons. The first-order valence-corrected chi connectivity index (χ1v) is 6.83. The van der Waals surface area contributed by atoms with Gasteiger partial charge in [0.25, 0.3) is 0 Å². The average Bonchev–Trinajstić information content (AvgIpc) is 2.44. The highest BCUT2D eigenvalue weighted by atomic mass is 35.5. The summed E-state index contributed by atoms with van der Waals surface area (Å²) in [5.74, 6) is 0.803. The van der Waals surface area contributed by atoms with Gasteiger partial charge in [0.05, 0.1) is 19.2 Å². The highest BCUT2D eigenvalue weighted by Crippen LogP contribution is 2.37. The topological polar surface area (TPSA) is 30.5 Å². The van der Waals surface area contributed by atoms with Gasteiger partial charge in [0.2, 0.25) is 0 Å². The minimum Gasteiger partial charge on any atom is -0.493 e. The van der Waals surface area contributed by atoms with Crippen molar-refractivity contribution in [3.8, 4) is 11.5 Å². The van der Waals surface area contributed by atoms with Crippen LogP contribution >= 0.6 is 11.6 Å². The van der Waals surface area contributed by atoms with E-state index < -0.39 is 0 Å². The molecule has 0 radical (unpaired) electrons. The standard InChI is InChI=1S/C16H17ClFNO2/c1-10-6-12(18)8-13(7-10)19-9-11-4-5-14(20-2)16(21-3)15(11)17/h4-8,19H,9H2,1-3H3. The van der Waals surface area contributed by atoms with E-state index in [1.807, 2.05) is 19.1 Å². The molecular formula is C16H17ClFNO2. The third kappa shape index (κ3) is 3.58. The van der Waals surface area contributed by atoms with Gasteiger partial charge >= 0.3 is 0 Å². The molecule has 2 aromatic carbocycles. The molecule has 0 fully saturated rings. The Labute approximate surface area is 128 Å². The first kappa shape index (κ1) is 15.4. The third-order valence-corrected chi connectivity index (χ3v) is 3.50. The van der Waals surface area contributed by atoms with E-state index in [4.69, 9.17) is 21.1 Å². The lowest BCUT2D eigenvalue weighted by atomic mass is 10.1. The molecule has 3 nitrogen and oxygen atoms in total. The summed E-state index contributed by atoms with van der Waals surface area (Å²) in [5, 5.41) is 3.64. The summed E-state index contributed by atoms with van der Waals surface area (Å²) in [6.45, 7) is 2.31. The number of anilines is 1. The van der Waals surface area contributed by atoms with Gasteiger partial charge in [-0.25, -0.2) is 4.39 Å². The number of benzene rings is 2. The number of hydrogen-bond donors (Lipinski definition) is 1. The molecule has 0 spiro atoms. The number of methoxy groups -OCH3 is 2. The largest absolute Gasteiger partial charge is 0.493 e. The van der Waals surface area contributed by atoms with Gasteiger partial charge in [-0.15, -0.1) is 0 Å². The number of aryl methyl sites for hydroxylation is 1. The van der Waals surface area contributed by atoms with Crippen LogP contribution in [0.1, 0.15) is 11.1 Å². The van der Waals surface area contributed by atoms with E-state index in [1.165, 1.54) is 19.2 Å². The second-order valence-corrected chi connectivity index (χ2v) is 5.02. The molecular weight excluding hydrogens is 293 g/mol. The Bertz CT molecular complexity index is 626. The highest BCUT2D eigenvalue weighted by Gasteiger charge is 2.12. The van der Waals surface area contributed by atoms with Crippen molar-refractivity contribution >= 4 is 17.3 Å². The molecule has 0 atom stereocenters. The lowest BCUT2D eigenvalue weighted by Gasteiger charge is -2.14. The van der Waals surface area contributed by atoms with Crippen molar-refractivity contribution in [3.05, 3.63) is 52.3 Å². The van der Waals surface area contributed by atoms with Crippen LogP contribution in [0, 0.1) is 12.7 Å². The molecule has 0 amide bonds. The lowest BCUT2D eigenvalue weighted by molar-refractivity contribution is 0.355. The molecule has 0 saturated carbocycles. The van der Waals surface area contributed by atoms with Crippen LogP contribution in [0.25, 0.3) is 0 Å². The van der Waals surface area contributed by atoms with Gasteiger partial charge in [-0.1, -0.05) is 17.7 Å². The molecule has 2 rings (SSSR count). The van der Waals surface area contributed by atoms with E-state index in [-0.39, 0.29) is 5.82 Å². The number of ether oxygens (including phenoxy) is 2. The maximum absolute atomic E-state index is 13.3. The second kappa shape index (κ2) is 6.68. The molecule has 0 saturated heterocycles. The Morgan fingerprint density at radius 1 is 1.14 bits per heavy atom. The molecule has 0 heterocycles. The minimum absolute atomic E-state index is 0.268. The zero-order chi connectivity index (χ0) is 15.4. The van der Waals surface area contributed by atoms with Gasteiger partial charge in [0.15, 0.2) is 11.5 Å². The van der Waals surface area contributed by atoms with Crippen molar-refractivity contribution in [1.82, 2.24) is 0 Å². The van der Waals surface area contributed by atoms with Crippen LogP contribution in [0.5, 0.6) is 11.5 Å². The zero-order valence-electron chi connectivity index (χ0n) is 12.2. The van der Waals surface area contributed by atoms with Crippen LogP contribution in [0.3, 0.4) is 0 Å². The van der Waals surface area contributed by atoms with Crippen LogP contribution in [-0.4, -0.2) is 14.2 Å². The second-order valence-electron chi connectivity index (χ2n) is 4.64. The molecule has 0 aliphatic rings. The smallest absolute Gasteiger partial charge is 0.179 e. The maximum atomic E-state index is 13.3. The predicted octanol–water partition coefficient (Wildman–Crippen LogP) is 4.42. The number of rotatable bonds is 5. The van der Waals surface area contributed by atoms with E-state index in [0.29, 0.717) is 28.8 Å². The average molecular weight is 310 g/mol. The van der Waals surface area contributed by atoms with Crippen molar-refractivity contribution in [3.63, 3.8) is 0 Å². The van der Waals surface area contributed by atoms with E-state index in [0.717, 1.165) is 11.1 Å². The van der Waals surface area contributed by atoms with Crippen molar-refractivity contribution < 1.29 is 13.9 Å². The summed E-state index contributed by atoms with van der Waals surface area (Å²) < 4.78 is 23.8. The zero-order valence-corrected chi connectivity index (χ0v) is 12.9. The molecule has 1 N–H and O–H groups in total. The van der Waals surface area contributed by atoms with Crippen LogP contribution in [0.2, 0.25) is 5.02 Å². The van der Waals surface area contributed by atoms with Crippen molar-refractivity contribution in [2.45, 2.75) is 13.5 Å². The number of halogens is 2. The number of nitrogens with one attached hydrogen (secondary N) is 1. The Morgan fingerprint density at radius 2 is 1.90 bits per heavy atom. The SMILES string of the molecule is COc1ccc(CNc2cc(C)cc(F)c2)c(Cl)c1OC. The first-order valence-electron chi connectivity index (χ1n) is 6.45. The molecule has 0 bridgehead atoms. The van der Waals surface area contributed by atoms with Crippen molar-refractivity contribution in [1.29, 1.82) is 0 Å². The molecule has 0 unspecified atom stereocenters.